The molecule has 4 unspecified atom stereocenters. The Balaban J connectivity index is 1.77. The molecule has 2 N–H and O–H groups in total. The summed E-state index contributed by atoms with van der Waals surface area (Å²) in [6.45, 7) is 1.39. The summed E-state index contributed by atoms with van der Waals surface area (Å²) in [6.07, 6.45) is 6.22. The molecule has 4 atom stereocenters. The largest absolute Gasteiger partial charge is 0.493 e. The van der Waals surface area contributed by atoms with Crippen molar-refractivity contribution in [1.82, 2.24) is 10.6 Å². The maximum Gasteiger partial charge on any atom is 0.207 e. The zero-order valence-corrected chi connectivity index (χ0v) is 14.6. The first-order valence-corrected chi connectivity index (χ1v) is 8.91. The van der Waals surface area contributed by atoms with E-state index in [1.54, 1.807) is 7.11 Å². The van der Waals surface area contributed by atoms with E-state index < -0.39 is 0 Å². The number of hydrogen-bond acceptors (Lipinski definition) is 4. The van der Waals surface area contributed by atoms with Crippen LogP contribution < -0.4 is 20.1 Å². The van der Waals surface area contributed by atoms with Gasteiger partial charge in [-0.3, -0.25) is 4.79 Å². The van der Waals surface area contributed by atoms with Gasteiger partial charge in [-0.1, -0.05) is 6.07 Å². The van der Waals surface area contributed by atoms with Crippen molar-refractivity contribution in [3.8, 4) is 11.5 Å². The average molecular weight is 332 g/mol. The third-order valence-corrected chi connectivity index (χ3v) is 5.51. The molecule has 132 valence electrons. The maximum absolute atomic E-state index is 10.6. The van der Waals surface area contributed by atoms with E-state index >= 15 is 0 Å². The van der Waals surface area contributed by atoms with Crippen molar-refractivity contribution in [3.63, 3.8) is 0 Å². The lowest BCUT2D eigenvalue weighted by Crippen LogP contribution is -2.28. The van der Waals surface area contributed by atoms with Crippen molar-refractivity contribution in [3.05, 3.63) is 23.8 Å². The van der Waals surface area contributed by atoms with Crippen LogP contribution in [0, 0.1) is 11.8 Å². The van der Waals surface area contributed by atoms with Gasteiger partial charge >= 0.3 is 0 Å². The molecule has 0 aliphatic heterocycles. The van der Waals surface area contributed by atoms with E-state index in [0.717, 1.165) is 35.9 Å². The molecule has 0 saturated heterocycles. The van der Waals surface area contributed by atoms with E-state index in [2.05, 4.69) is 22.8 Å². The monoisotopic (exact) mass is 332 g/mol. The van der Waals surface area contributed by atoms with Crippen molar-refractivity contribution in [2.45, 2.75) is 37.7 Å². The van der Waals surface area contributed by atoms with Crippen molar-refractivity contribution in [1.29, 1.82) is 0 Å². The summed E-state index contributed by atoms with van der Waals surface area (Å²) >= 11 is 0. The Morgan fingerprint density at radius 2 is 2.12 bits per heavy atom. The molecule has 2 saturated carbocycles. The van der Waals surface area contributed by atoms with Gasteiger partial charge < -0.3 is 20.1 Å². The van der Waals surface area contributed by atoms with Crippen molar-refractivity contribution in [2.75, 3.05) is 27.2 Å². The molecule has 1 amide bonds. The lowest BCUT2D eigenvalue weighted by molar-refractivity contribution is -0.109. The van der Waals surface area contributed by atoms with Crippen LogP contribution in [0.5, 0.6) is 11.5 Å². The van der Waals surface area contributed by atoms with Crippen molar-refractivity contribution < 1.29 is 14.3 Å². The third-order valence-electron chi connectivity index (χ3n) is 5.51. The topological polar surface area (TPSA) is 59.6 Å². The van der Waals surface area contributed by atoms with Gasteiger partial charge in [0.1, 0.15) is 6.10 Å². The second kappa shape index (κ2) is 7.88. The third kappa shape index (κ3) is 3.66. The van der Waals surface area contributed by atoms with E-state index in [4.69, 9.17) is 9.47 Å². The molecule has 0 radical (unpaired) electrons. The van der Waals surface area contributed by atoms with Crippen molar-refractivity contribution in [2.24, 2.45) is 11.8 Å². The molecule has 0 aromatic heterocycles. The predicted octanol–water partition coefficient (Wildman–Crippen LogP) is 2.31. The SMILES string of the molecule is CNCC(CNC=O)c1ccc(OC)c(OC2CC3CCC2C3)c1. The summed E-state index contributed by atoms with van der Waals surface area (Å²) in [6, 6.07) is 6.11. The smallest absolute Gasteiger partial charge is 0.207 e. The molecular formula is C19H28N2O3. The zero-order chi connectivity index (χ0) is 16.9. The van der Waals surface area contributed by atoms with E-state index in [1.165, 1.54) is 25.7 Å². The highest BCUT2D eigenvalue weighted by Crippen LogP contribution is 2.47. The molecule has 24 heavy (non-hydrogen) atoms. The minimum absolute atomic E-state index is 0.202. The van der Waals surface area contributed by atoms with Gasteiger partial charge in [-0.05, 0) is 62.3 Å². The second-order valence-corrected chi connectivity index (χ2v) is 7.02. The average Bonchev–Trinajstić information content (AvgIpc) is 3.21. The van der Waals surface area contributed by atoms with Gasteiger partial charge in [-0.15, -0.1) is 0 Å². The van der Waals surface area contributed by atoms with Crippen LogP contribution in [0.1, 0.15) is 37.2 Å². The normalized spacial score (nSPS) is 26.2. The number of nitrogens with one attached hydrogen (secondary N) is 2. The summed E-state index contributed by atoms with van der Waals surface area (Å²) in [5.74, 6) is 3.37. The molecule has 2 fully saturated rings. The molecule has 2 aliphatic rings. The number of fused-ring (bicyclic) bond motifs is 2. The number of likely N-dealkylation sites (N-methyl/N-ethyl adjacent to an activating group) is 1. The number of methoxy groups -OCH3 is 1. The highest BCUT2D eigenvalue weighted by molar-refractivity contribution is 5.47. The highest BCUT2D eigenvalue weighted by atomic mass is 16.5. The number of carbonyl (C=O) groups excluding carboxylic acids is 1. The molecule has 1 aromatic rings. The van der Waals surface area contributed by atoms with Crippen LogP contribution in [-0.2, 0) is 4.79 Å². The van der Waals surface area contributed by atoms with Crippen LogP contribution in [0.2, 0.25) is 0 Å². The number of carbonyl (C=O) groups is 1. The first-order valence-electron chi connectivity index (χ1n) is 8.91. The Morgan fingerprint density at radius 1 is 1.25 bits per heavy atom. The van der Waals surface area contributed by atoms with Crippen LogP contribution >= 0.6 is 0 Å². The summed E-state index contributed by atoms with van der Waals surface area (Å²) in [4.78, 5) is 10.6. The van der Waals surface area contributed by atoms with Gasteiger partial charge in [0.05, 0.1) is 7.11 Å². The van der Waals surface area contributed by atoms with Gasteiger partial charge in [0.25, 0.3) is 0 Å². The van der Waals surface area contributed by atoms with Crippen molar-refractivity contribution >= 4 is 6.41 Å². The highest BCUT2D eigenvalue weighted by Gasteiger charge is 2.41. The molecule has 0 spiro atoms. The van der Waals surface area contributed by atoms with Crippen LogP contribution in [0.3, 0.4) is 0 Å². The molecule has 1 aromatic carbocycles. The van der Waals surface area contributed by atoms with E-state index in [1.807, 2.05) is 13.1 Å². The van der Waals surface area contributed by atoms with E-state index in [-0.39, 0.29) is 5.92 Å². The Morgan fingerprint density at radius 3 is 2.75 bits per heavy atom. The molecule has 0 heterocycles. The Hall–Kier alpha value is -1.75. The molecular weight excluding hydrogens is 304 g/mol. The number of amides is 1. The molecule has 2 aliphatic carbocycles. The fourth-order valence-electron chi connectivity index (χ4n) is 4.28. The van der Waals surface area contributed by atoms with Crippen LogP contribution in [0.15, 0.2) is 18.2 Å². The quantitative estimate of drug-likeness (QED) is 0.681. The van der Waals surface area contributed by atoms with Gasteiger partial charge in [-0.25, -0.2) is 0 Å². The Kier molecular flexibility index (Phi) is 5.61. The van der Waals surface area contributed by atoms with E-state index in [0.29, 0.717) is 18.6 Å². The fraction of sp³-hybridized carbons (Fsp3) is 0.632. The van der Waals surface area contributed by atoms with Gasteiger partial charge in [0.15, 0.2) is 11.5 Å². The summed E-state index contributed by atoms with van der Waals surface area (Å²) in [7, 11) is 3.60. The number of ether oxygens (including phenoxy) is 2. The fourth-order valence-corrected chi connectivity index (χ4v) is 4.28. The lowest BCUT2D eigenvalue weighted by Gasteiger charge is -2.25. The molecule has 5 nitrogen and oxygen atoms in total. The summed E-state index contributed by atoms with van der Waals surface area (Å²) in [5.41, 5.74) is 1.15. The minimum Gasteiger partial charge on any atom is -0.493 e. The molecule has 3 rings (SSSR count). The van der Waals surface area contributed by atoms with Gasteiger partial charge in [0.2, 0.25) is 6.41 Å². The zero-order valence-electron chi connectivity index (χ0n) is 14.6. The number of hydrogen-bond donors (Lipinski definition) is 2. The molecule has 2 bridgehead atoms. The maximum atomic E-state index is 10.6. The van der Waals surface area contributed by atoms with Gasteiger partial charge in [-0.2, -0.15) is 0 Å². The van der Waals surface area contributed by atoms with Crippen LogP contribution in [0.25, 0.3) is 0 Å². The Labute approximate surface area is 144 Å². The summed E-state index contributed by atoms with van der Waals surface area (Å²) < 4.78 is 11.9. The van der Waals surface area contributed by atoms with Crippen LogP contribution in [0.4, 0.5) is 0 Å². The minimum atomic E-state index is 0.202. The van der Waals surface area contributed by atoms with Gasteiger partial charge in [0, 0.05) is 19.0 Å². The molecule has 5 heteroatoms. The Bertz CT molecular complexity index is 564. The summed E-state index contributed by atoms with van der Waals surface area (Å²) in [5, 5.41) is 5.97. The lowest BCUT2D eigenvalue weighted by atomic mass is 9.97. The second-order valence-electron chi connectivity index (χ2n) is 7.02. The van der Waals surface area contributed by atoms with E-state index in [9.17, 15) is 4.79 Å². The van der Waals surface area contributed by atoms with Crippen LogP contribution in [-0.4, -0.2) is 39.8 Å². The first-order chi connectivity index (χ1) is 11.7. The number of rotatable bonds is 9. The predicted molar refractivity (Wildman–Crippen MR) is 93.6 cm³/mol. The first kappa shape index (κ1) is 17.1. The number of benzene rings is 1. The standard InChI is InChI=1S/C19H28N2O3/c1-20-10-16(11-21-12-22)14-5-6-17(23-2)19(9-14)24-18-8-13-3-4-15(18)7-13/h5-6,9,12-13,15-16,18,20H,3-4,7-8,10-11H2,1-2H3,(H,21,22).